The lowest BCUT2D eigenvalue weighted by atomic mass is 10.2. The van der Waals surface area contributed by atoms with Gasteiger partial charge in [0.2, 0.25) is 0 Å². The number of carbonyl (C=O) groups excluding carboxylic acids is 1. The molecule has 0 aromatic heterocycles. The molecule has 1 amide bonds. The lowest BCUT2D eigenvalue weighted by Gasteiger charge is -2.20. The number of hydrogen-bond donors (Lipinski definition) is 3. The SMILES string of the molecule is COc1cccc(OC)c1CS(=O)(=O)c1ccc2c(c1)S/C(=C\c1ccc(NCC(=O)O)cc1)C(=O)N2. The molecule has 0 unspecified atom stereocenters. The highest BCUT2D eigenvalue weighted by Gasteiger charge is 2.26. The molecule has 9 nitrogen and oxygen atoms in total. The van der Waals surface area contributed by atoms with Crippen LogP contribution in [0.4, 0.5) is 11.4 Å². The summed E-state index contributed by atoms with van der Waals surface area (Å²) in [6, 6.07) is 16.6. The maximum absolute atomic E-state index is 13.3. The third kappa shape index (κ3) is 6.07. The number of nitrogens with one attached hydrogen (secondary N) is 2. The van der Waals surface area contributed by atoms with Gasteiger partial charge in [0.15, 0.2) is 9.84 Å². The second-order valence-electron chi connectivity index (χ2n) is 7.99. The van der Waals surface area contributed by atoms with E-state index in [9.17, 15) is 18.0 Å². The minimum Gasteiger partial charge on any atom is -0.496 e. The van der Waals surface area contributed by atoms with Crippen molar-refractivity contribution in [2.45, 2.75) is 15.5 Å². The molecular formula is C26H24N2O7S2. The Labute approximate surface area is 218 Å². The molecule has 0 saturated carbocycles. The van der Waals surface area contributed by atoms with Crippen molar-refractivity contribution in [1.29, 1.82) is 0 Å². The molecule has 11 heteroatoms. The van der Waals surface area contributed by atoms with Crippen molar-refractivity contribution in [3.05, 3.63) is 76.7 Å². The summed E-state index contributed by atoms with van der Waals surface area (Å²) in [4.78, 5) is 24.4. The Morgan fingerprint density at radius 3 is 2.35 bits per heavy atom. The van der Waals surface area contributed by atoms with E-state index in [0.29, 0.717) is 38.2 Å². The molecule has 0 aliphatic carbocycles. The van der Waals surface area contributed by atoms with Crippen LogP contribution in [-0.2, 0) is 25.2 Å². The van der Waals surface area contributed by atoms with Crippen LogP contribution in [-0.4, -0.2) is 46.2 Å². The predicted octanol–water partition coefficient (Wildman–Crippen LogP) is 4.26. The molecule has 1 aliphatic rings. The number of rotatable bonds is 9. The third-order valence-corrected chi connectivity index (χ3v) is 8.24. The van der Waals surface area contributed by atoms with Crippen LogP contribution in [0.3, 0.4) is 0 Å². The van der Waals surface area contributed by atoms with Gasteiger partial charge >= 0.3 is 5.97 Å². The van der Waals surface area contributed by atoms with Crippen molar-refractivity contribution in [3.8, 4) is 11.5 Å². The molecule has 3 N–H and O–H groups in total. The van der Waals surface area contributed by atoms with Crippen molar-refractivity contribution in [1.82, 2.24) is 0 Å². The van der Waals surface area contributed by atoms with E-state index in [4.69, 9.17) is 14.6 Å². The lowest BCUT2D eigenvalue weighted by molar-refractivity contribution is -0.135. The van der Waals surface area contributed by atoms with Gasteiger partial charge in [-0.1, -0.05) is 30.0 Å². The molecule has 1 aliphatic heterocycles. The number of anilines is 2. The van der Waals surface area contributed by atoms with Gasteiger partial charge in [-0.2, -0.15) is 0 Å². The van der Waals surface area contributed by atoms with E-state index in [1.807, 2.05) is 0 Å². The fourth-order valence-corrected chi connectivity index (χ4v) is 6.17. The third-order valence-electron chi connectivity index (χ3n) is 5.52. The van der Waals surface area contributed by atoms with E-state index in [2.05, 4.69) is 10.6 Å². The first-order chi connectivity index (χ1) is 17.7. The van der Waals surface area contributed by atoms with Crippen molar-refractivity contribution < 1.29 is 32.6 Å². The first kappa shape index (κ1) is 26.1. The van der Waals surface area contributed by atoms with Crippen LogP contribution in [0.5, 0.6) is 11.5 Å². The van der Waals surface area contributed by atoms with E-state index in [0.717, 1.165) is 5.56 Å². The fraction of sp³-hybridized carbons (Fsp3) is 0.154. The summed E-state index contributed by atoms with van der Waals surface area (Å²) < 4.78 is 37.3. The Balaban J connectivity index is 1.58. The molecule has 0 saturated heterocycles. The van der Waals surface area contributed by atoms with Crippen LogP contribution >= 0.6 is 11.8 Å². The lowest BCUT2D eigenvalue weighted by Crippen LogP contribution is -2.18. The summed E-state index contributed by atoms with van der Waals surface area (Å²) in [5.41, 5.74) is 2.31. The molecule has 0 bridgehead atoms. The van der Waals surface area contributed by atoms with Crippen molar-refractivity contribution in [2.75, 3.05) is 31.4 Å². The predicted molar refractivity (Wildman–Crippen MR) is 142 cm³/mol. The van der Waals surface area contributed by atoms with Crippen LogP contribution in [0.1, 0.15) is 11.1 Å². The molecule has 3 aromatic rings. The zero-order valence-electron chi connectivity index (χ0n) is 20.0. The van der Waals surface area contributed by atoms with E-state index in [1.54, 1.807) is 60.7 Å². The van der Waals surface area contributed by atoms with Gasteiger partial charge in [-0.05, 0) is 54.1 Å². The number of carboxylic acid groups (broad SMARTS) is 1. The smallest absolute Gasteiger partial charge is 0.322 e. The van der Waals surface area contributed by atoms with Gasteiger partial charge in [0.1, 0.15) is 18.0 Å². The zero-order chi connectivity index (χ0) is 26.6. The average molecular weight is 541 g/mol. The molecule has 3 aromatic carbocycles. The van der Waals surface area contributed by atoms with Crippen LogP contribution in [0.15, 0.2) is 75.4 Å². The molecule has 0 atom stereocenters. The number of methoxy groups -OCH3 is 2. The van der Waals surface area contributed by atoms with Crippen molar-refractivity contribution >= 4 is 50.9 Å². The van der Waals surface area contributed by atoms with Gasteiger partial charge in [-0.15, -0.1) is 0 Å². The molecule has 4 rings (SSSR count). The number of thioether (sulfide) groups is 1. The highest BCUT2D eigenvalue weighted by atomic mass is 32.2. The number of hydrogen-bond acceptors (Lipinski definition) is 8. The Morgan fingerprint density at radius 2 is 1.73 bits per heavy atom. The quantitative estimate of drug-likeness (QED) is 0.341. The molecule has 0 fully saturated rings. The molecule has 37 heavy (non-hydrogen) atoms. The average Bonchev–Trinajstić information content (AvgIpc) is 2.88. The van der Waals surface area contributed by atoms with Gasteiger partial charge in [-0.25, -0.2) is 8.42 Å². The van der Waals surface area contributed by atoms with E-state index in [-0.39, 0.29) is 23.1 Å². The number of carbonyl (C=O) groups is 2. The van der Waals surface area contributed by atoms with E-state index < -0.39 is 15.8 Å². The summed E-state index contributed by atoms with van der Waals surface area (Å²) in [6.45, 7) is -0.204. The Hall–Kier alpha value is -3.96. The number of carboxylic acids is 1. The van der Waals surface area contributed by atoms with Crippen LogP contribution < -0.4 is 20.1 Å². The Kier molecular flexibility index (Phi) is 7.74. The summed E-state index contributed by atoms with van der Waals surface area (Å²) in [7, 11) is -0.834. The molecular weight excluding hydrogens is 516 g/mol. The van der Waals surface area contributed by atoms with Crippen LogP contribution in [0.2, 0.25) is 0 Å². The molecule has 1 heterocycles. The Bertz CT molecular complexity index is 1460. The van der Waals surface area contributed by atoms with Crippen molar-refractivity contribution in [3.63, 3.8) is 0 Å². The maximum atomic E-state index is 13.3. The molecule has 0 radical (unpaired) electrons. The monoisotopic (exact) mass is 540 g/mol. The van der Waals surface area contributed by atoms with Crippen molar-refractivity contribution in [2.24, 2.45) is 0 Å². The minimum absolute atomic E-state index is 0.107. The molecule has 192 valence electrons. The van der Waals surface area contributed by atoms with Crippen LogP contribution in [0.25, 0.3) is 6.08 Å². The van der Waals surface area contributed by atoms with Gasteiger partial charge in [0.25, 0.3) is 5.91 Å². The standard InChI is InChI=1S/C26H24N2O7S2/c1-34-21-4-3-5-22(35-2)19(21)15-37(32,33)18-10-11-20-23(13-18)36-24(26(31)28-20)12-16-6-8-17(9-7-16)27-14-25(29)30/h3-13,27H,14-15H2,1-2H3,(H,28,31)(H,29,30)/b24-12-. The minimum atomic E-state index is -3.77. The normalized spacial score (nSPS) is 14.0. The number of aliphatic carboxylic acids is 1. The number of fused-ring (bicyclic) bond motifs is 1. The van der Waals surface area contributed by atoms with E-state index in [1.165, 1.54) is 32.0 Å². The van der Waals surface area contributed by atoms with Gasteiger partial charge in [-0.3, -0.25) is 9.59 Å². The number of benzene rings is 3. The van der Waals surface area contributed by atoms with Gasteiger partial charge < -0.3 is 25.2 Å². The summed E-state index contributed by atoms with van der Waals surface area (Å²) in [5.74, 6) is -0.765. The summed E-state index contributed by atoms with van der Waals surface area (Å²) in [5, 5.41) is 14.3. The highest BCUT2D eigenvalue weighted by Crippen LogP contribution is 2.41. The topological polar surface area (TPSA) is 131 Å². The zero-order valence-corrected chi connectivity index (χ0v) is 21.6. The summed E-state index contributed by atoms with van der Waals surface area (Å²) >= 11 is 1.17. The van der Waals surface area contributed by atoms with Gasteiger partial charge in [0, 0.05) is 10.6 Å². The van der Waals surface area contributed by atoms with Gasteiger partial charge in [0.05, 0.1) is 41.0 Å². The fourth-order valence-electron chi connectivity index (χ4n) is 3.70. The summed E-state index contributed by atoms with van der Waals surface area (Å²) in [6.07, 6.45) is 1.69. The Morgan fingerprint density at radius 1 is 1.05 bits per heavy atom. The van der Waals surface area contributed by atoms with E-state index >= 15 is 0 Å². The van der Waals surface area contributed by atoms with Crippen LogP contribution in [0, 0.1) is 0 Å². The second-order valence-corrected chi connectivity index (χ2v) is 11.1. The number of sulfone groups is 1. The second kappa shape index (κ2) is 11.0. The highest BCUT2D eigenvalue weighted by molar-refractivity contribution is 8.04. The first-order valence-electron chi connectivity index (χ1n) is 11.0. The number of amides is 1. The first-order valence-corrected chi connectivity index (χ1v) is 13.5. The number of ether oxygens (including phenoxy) is 2. The molecule has 0 spiro atoms. The maximum Gasteiger partial charge on any atom is 0.322 e. The largest absolute Gasteiger partial charge is 0.496 e.